The molecule has 0 radical (unpaired) electrons. The first-order valence-corrected chi connectivity index (χ1v) is 22.1. The Morgan fingerprint density at radius 2 is 1.42 bits per heavy atom. The molecule has 0 aromatic heterocycles. The predicted molar refractivity (Wildman–Crippen MR) is 247 cm³/mol. The van der Waals surface area contributed by atoms with Crippen LogP contribution in [0.4, 0.5) is 5.69 Å². The van der Waals surface area contributed by atoms with Crippen LogP contribution in [0.15, 0.2) is 96.1 Å². The molecule has 3 aromatic rings. The van der Waals surface area contributed by atoms with Gasteiger partial charge in [-0.25, -0.2) is 4.79 Å². The number of amides is 1. The number of aryl methyl sites for hydroxylation is 2. The highest BCUT2D eigenvalue weighted by Gasteiger charge is 2.53. The number of carbonyl (C=O) groups excluding carboxylic acids is 6. The first kappa shape index (κ1) is 49.7. The Kier molecular flexibility index (Phi) is 14.9. The summed E-state index contributed by atoms with van der Waals surface area (Å²) in [5.41, 5.74) is 0.274. The van der Waals surface area contributed by atoms with E-state index in [1.165, 1.54) is 65.4 Å². The monoisotopic (exact) mass is 918 g/mol. The lowest BCUT2D eigenvalue weighted by Gasteiger charge is -2.38. The zero-order valence-corrected chi connectivity index (χ0v) is 39.5. The smallest absolute Gasteiger partial charge is 0.343 e. The number of carbonyl (C=O) groups is 6. The molecule has 3 heterocycles. The van der Waals surface area contributed by atoms with Crippen LogP contribution in [0.3, 0.4) is 0 Å². The van der Waals surface area contributed by atoms with E-state index in [1.807, 2.05) is 13.8 Å². The Hall–Kier alpha value is -6.68. The number of hydrogen-bond donors (Lipinski definition) is 4. The molecule has 0 spiro atoms. The second-order valence-corrected chi connectivity index (χ2v) is 17.8. The Labute approximate surface area is 389 Å². The average Bonchev–Trinajstić information content (AvgIpc) is 3.56. The number of fused-ring (bicyclic) bond motifs is 14. The van der Waals surface area contributed by atoms with Gasteiger partial charge in [0.25, 0.3) is 11.7 Å². The van der Waals surface area contributed by atoms with E-state index in [0.717, 1.165) is 11.1 Å². The largest absolute Gasteiger partial charge is 0.462 e. The van der Waals surface area contributed by atoms with Gasteiger partial charge >= 0.3 is 17.7 Å². The number of hydrogen-bond acceptors (Lipinski definition) is 14. The predicted octanol–water partition coefficient (Wildman–Crippen LogP) is 7.20. The molecule has 15 heteroatoms. The van der Waals surface area contributed by atoms with Crippen LogP contribution in [0.5, 0.6) is 11.5 Å². The molecule has 9 atom stereocenters. The second kappa shape index (κ2) is 20.0. The number of ether oxygens (including phenoxy) is 5. The Morgan fingerprint density at radius 3 is 2.03 bits per heavy atom. The van der Waals surface area contributed by atoms with Gasteiger partial charge in [0, 0.05) is 61.5 Å². The van der Waals surface area contributed by atoms with Crippen molar-refractivity contribution in [2.45, 2.75) is 99.4 Å². The van der Waals surface area contributed by atoms with Crippen LogP contribution < -0.4 is 20.1 Å². The van der Waals surface area contributed by atoms with Crippen molar-refractivity contribution in [2.24, 2.45) is 23.7 Å². The highest BCUT2D eigenvalue weighted by Crippen LogP contribution is 2.49. The Balaban J connectivity index is 1.57. The standard InChI is InChI=1S/C52H58N2O13/c1-25-15-19-34(20-16-25)51(62)66-47-32(8)48-39-37-38(47)45(59)41(40(44(37)58)53-35-21-17-26(2)18-22-35)54-50(61)28(4)14-12-13-27(3)42(56)30(6)43(57)31(7)46(65-33(9)55)29(5)36(63-11)23-24-64-52(10,67-48)49(39)60/h12-24,27,29-31,36,42-43,46,53,56-57H,1-11H3,(H,54,61). The molecule has 354 valence electrons. The third kappa shape index (κ3) is 10.0. The topological polar surface area (TPSA) is 213 Å². The van der Waals surface area contributed by atoms with Gasteiger partial charge in [-0.2, -0.15) is 0 Å². The lowest BCUT2D eigenvalue weighted by molar-refractivity contribution is -0.160. The molecule has 3 aliphatic heterocycles. The first-order valence-electron chi connectivity index (χ1n) is 22.1. The second-order valence-electron chi connectivity index (χ2n) is 17.8. The van der Waals surface area contributed by atoms with Crippen LogP contribution in [0, 0.1) is 44.4 Å². The van der Waals surface area contributed by atoms with Gasteiger partial charge < -0.3 is 44.5 Å². The van der Waals surface area contributed by atoms with E-state index in [1.54, 1.807) is 76.2 Å². The summed E-state index contributed by atoms with van der Waals surface area (Å²) in [7, 11) is 1.42. The highest BCUT2D eigenvalue weighted by atomic mass is 16.7. The number of benzene rings is 3. The lowest BCUT2D eigenvalue weighted by Crippen LogP contribution is -2.46. The number of esters is 2. The van der Waals surface area contributed by atoms with Gasteiger partial charge in [-0.15, -0.1) is 0 Å². The van der Waals surface area contributed by atoms with Crippen LogP contribution in [0.1, 0.15) is 107 Å². The number of aliphatic hydroxyl groups is 2. The number of allylic oxidation sites excluding steroid dienone is 4. The number of rotatable bonds is 6. The van der Waals surface area contributed by atoms with Crippen LogP contribution >= 0.6 is 0 Å². The summed E-state index contributed by atoms with van der Waals surface area (Å²) in [6, 6.07) is 13.4. The highest BCUT2D eigenvalue weighted by molar-refractivity contribution is 6.33. The van der Waals surface area contributed by atoms with E-state index < -0.39 is 106 Å². The van der Waals surface area contributed by atoms with Crippen molar-refractivity contribution < 1.29 is 62.7 Å². The van der Waals surface area contributed by atoms with Gasteiger partial charge in [0.1, 0.15) is 29.0 Å². The molecule has 1 aliphatic carbocycles. The Morgan fingerprint density at radius 1 is 0.791 bits per heavy atom. The minimum absolute atomic E-state index is 0.0121. The van der Waals surface area contributed by atoms with Crippen LogP contribution in [0.25, 0.3) is 0 Å². The summed E-state index contributed by atoms with van der Waals surface area (Å²) in [5, 5.41) is 28.7. The number of Topliss-reactive ketones (excluding diaryl/α,β-unsaturated/α-hetero) is 3. The molecule has 0 saturated carbocycles. The molecular formula is C52H58N2O13. The Bertz CT molecular complexity index is 2610. The van der Waals surface area contributed by atoms with E-state index in [0.29, 0.717) is 5.69 Å². The summed E-state index contributed by atoms with van der Waals surface area (Å²) in [6.45, 7) is 16.1. The van der Waals surface area contributed by atoms with Crippen molar-refractivity contribution in [2.75, 3.05) is 12.4 Å². The fourth-order valence-electron chi connectivity index (χ4n) is 8.55. The normalized spacial score (nSPS) is 26.9. The number of methoxy groups -OCH3 is 1. The zero-order valence-electron chi connectivity index (χ0n) is 39.5. The SMILES string of the molecule is COC1C=COC2(C)Oc3c(C)c(OC(=O)c4ccc(C)cc4)c4c(c3C2=O)C(=O)C(Nc2ccc(C)cc2)=C(NC(=O)C(C)=CC=CC(C)C(O)C(C)C(O)C(C)C(OC(C)=O)C1C)C4=O. The molecule has 0 fully saturated rings. The molecule has 15 nitrogen and oxygen atoms in total. The van der Waals surface area contributed by atoms with Gasteiger partial charge in [0.15, 0.2) is 0 Å². The van der Waals surface area contributed by atoms with Crippen molar-refractivity contribution >= 4 is 40.9 Å². The van der Waals surface area contributed by atoms with Crippen molar-refractivity contribution in [3.05, 3.63) is 135 Å². The fourth-order valence-corrected chi connectivity index (χ4v) is 8.55. The molecule has 3 aromatic carbocycles. The molecule has 4 N–H and O–H groups in total. The third-order valence-electron chi connectivity index (χ3n) is 12.7. The molecule has 4 aliphatic rings. The fraction of sp³-hybridized carbons (Fsp3) is 0.385. The van der Waals surface area contributed by atoms with Gasteiger partial charge in [0.2, 0.25) is 11.6 Å². The molecule has 9 unspecified atom stereocenters. The zero-order chi connectivity index (χ0) is 49.2. The molecule has 7 rings (SSSR count). The third-order valence-corrected chi connectivity index (χ3v) is 12.7. The summed E-state index contributed by atoms with van der Waals surface area (Å²) in [5.74, 6) is -10.4. The van der Waals surface area contributed by atoms with E-state index in [4.69, 9.17) is 23.7 Å². The van der Waals surface area contributed by atoms with Gasteiger partial charge in [-0.1, -0.05) is 81.3 Å². The van der Waals surface area contributed by atoms with Crippen molar-refractivity contribution in [1.82, 2.24) is 5.32 Å². The van der Waals surface area contributed by atoms with E-state index in [9.17, 15) is 29.4 Å². The quantitative estimate of drug-likeness (QED) is 0.142. The maximum absolute atomic E-state index is 15.2. The molecule has 5 bridgehead atoms. The van der Waals surface area contributed by atoms with Crippen LogP contribution in [-0.2, 0) is 23.8 Å². The maximum Gasteiger partial charge on any atom is 0.343 e. The van der Waals surface area contributed by atoms with E-state index >= 15 is 9.59 Å². The summed E-state index contributed by atoms with van der Waals surface area (Å²) in [6.07, 6.45) is 3.22. The minimum Gasteiger partial charge on any atom is -0.462 e. The van der Waals surface area contributed by atoms with Gasteiger partial charge in [0.05, 0.1) is 46.8 Å². The van der Waals surface area contributed by atoms with E-state index in [2.05, 4.69) is 10.6 Å². The summed E-state index contributed by atoms with van der Waals surface area (Å²) >= 11 is 0. The summed E-state index contributed by atoms with van der Waals surface area (Å²) < 4.78 is 29.9. The first-order chi connectivity index (χ1) is 31.6. The molecule has 0 saturated heterocycles. The summed E-state index contributed by atoms with van der Waals surface area (Å²) in [4.78, 5) is 85.5. The number of ketones is 3. The van der Waals surface area contributed by atoms with E-state index in [-0.39, 0.29) is 39.5 Å². The lowest BCUT2D eigenvalue weighted by atomic mass is 9.78. The van der Waals surface area contributed by atoms with Crippen molar-refractivity contribution in [3.63, 3.8) is 0 Å². The molecular weight excluding hydrogens is 861 g/mol. The van der Waals surface area contributed by atoms with Crippen molar-refractivity contribution in [3.8, 4) is 11.5 Å². The van der Waals surface area contributed by atoms with Crippen molar-refractivity contribution in [1.29, 1.82) is 0 Å². The maximum atomic E-state index is 15.2. The van der Waals surface area contributed by atoms with Crippen LogP contribution in [0.2, 0.25) is 0 Å². The number of anilines is 1. The number of nitrogens with one attached hydrogen (secondary N) is 2. The minimum atomic E-state index is -2.17. The average molecular weight is 919 g/mol. The number of aliphatic hydroxyl groups excluding tert-OH is 2. The molecule has 1 amide bonds. The van der Waals surface area contributed by atoms with Gasteiger partial charge in [-0.3, -0.25) is 24.0 Å². The van der Waals surface area contributed by atoms with Crippen LogP contribution in [-0.4, -0.2) is 82.7 Å². The molecule has 67 heavy (non-hydrogen) atoms. The van der Waals surface area contributed by atoms with Gasteiger partial charge in [-0.05, 0) is 58.0 Å².